The lowest BCUT2D eigenvalue weighted by Crippen LogP contribution is -2.43. The molecule has 1 saturated heterocycles. The standard InChI is InChI=1S/C10H9NO/c1-7-9(11-10(7)12)8-5-3-2-4-6-8/h2-6,9H,1H2,(H,11,12)/t9-/m0/s1. The summed E-state index contributed by atoms with van der Waals surface area (Å²) >= 11 is 0. The van der Waals surface area contributed by atoms with Crippen LogP contribution in [0.2, 0.25) is 0 Å². The van der Waals surface area contributed by atoms with Crippen LogP contribution in [0.5, 0.6) is 0 Å². The molecule has 1 fully saturated rings. The maximum atomic E-state index is 10.8. The monoisotopic (exact) mass is 159 g/mol. The summed E-state index contributed by atoms with van der Waals surface area (Å²) in [5.74, 6) is -0.0381. The molecule has 0 unspecified atom stereocenters. The molecule has 1 aromatic rings. The van der Waals surface area contributed by atoms with Crippen LogP contribution in [-0.2, 0) is 4.79 Å². The molecule has 1 N–H and O–H groups in total. The number of benzene rings is 1. The second-order valence-electron chi connectivity index (χ2n) is 2.84. The Hall–Kier alpha value is -1.57. The molecule has 1 aliphatic rings. The zero-order valence-electron chi connectivity index (χ0n) is 6.58. The maximum Gasteiger partial charge on any atom is 0.249 e. The largest absolute Gasteiger partial charge is 0.341 e. The van der Waals surface area contributed by atoms with E-state index in [0.29, 0.717) is 5.57 Å². The third-order valence-electron chi connectivity index (χ3n) is 2.05. The summed E-state index contributed by atoms with van der Waals surface area (Å²) in [6.45, 7) is 3.69. The van der Waals surface area contributed by atoms with Gasteiger partial charge < -0.3 is 5.32 Å². The fourth-order valence-corrected chi connectivity index (χ4v) is 1.29. The lowest BCUT2D eigenvalue weighted by molar-refractivity contribution is -0.122. The molecule has 1 amide bonds. The molecule has 0 radical (unpaired) electrons. The highest BCUT2D eigenvalue weighted by Crippen LogP contribution is 2.27. The van der Waals surface area contributed by atoms with Gasteiger partial charge in [0.05, 0.1) is 6.04 Å². The molecule has 12 heavy (non-hydrogen) atoms. The van der Waals surface area contributed by atoms with E-state index >= 15 is 0 Å². The van der Waals surface area contributed by atoms with E-state index in [1.165, 1.54) is 0 Å². The number of β-lactam (4-membered cyclic amide) rings is 1. The van der Waals surface area contributed by atoms with Crippen LogP contribution in [0.15, 0.2) is 42.5 Å². The fourth-order valence-electron chi connectivity index (χ4n) is 1.29. The Kier molecular flexibility index (Phi) is 1.47. The van der Waals surface area contributed by atoms with Crippen LogP contribution in [-0.4, -0.2) is 5.91 Å². The Morgan fingerprint density at radius 1 is 1.25 bits per heavy atom. The van der Waals surface area contributed by atoms with Gasteiger partial charge in [-0.05, 0) is 5.56 Å². The number of carbonyl (C=O) groups excluding carboxylic acids is 1. The van der Waals surface area contributed by atoms with Gasteiger partial charge in [0.25, 0.3) is 0 Å². The zero-order valence-corrected chi connectivity index (χ0v) is 6.58. The van der Waals surface area contributed by atoms with Crippen molar-refractivity contribution < 1.29 is 4.79 Å². The van der Waals surface area contributed by atoms with E-state index in [1.54, 1.807) is 0 Å². The van der Waals surface area contributed by atoms with Crippen molar-refractivity contribution in [1.29, 1.82) is 0 Å². The summed E-state index contributed by atoms with van der Waals surface area (Å²) in [4.78, 5) is 10.8. The molecule has 0 aromatic heterocycles. The van der Waals surface area contributed by atoms with Crippen LogP contribution >= 0.6 is 0 Å². The smallest absolute Gasteiger partial charge is 0.249 e. The van der Waals surface area contributed by atoms with Crippen molar-refractivity contribution in [3.8, 4) is 0 Å². The topological polar surface area (TPSA) is 29.1 Å². The van der Waals surface area contributed by atoms with Crippen molar-refractivity contribution in [1.82, 2.24) is 5.32 Å². The van der Waals surface area contributed by atoms with Crippen molar-refractivity contribution in [3.05, 3.63) is 48.0 Å². The van der Waals surface area contributed by atoms with Gasteiger partial charge in [-0.3, -0.25) is 4.79 Å². The molecule has 2 rings (SSSR count). The van der Waals surface area contributed by atoms with E-state index < -0.39 is 0 Å². The Morgan fingerprint density at radius 3 is 2.42 bits per heavy atom. The van der Waals surface area contributed by atoms with Crippen LogP contribution < -0.4 is 5.32 Å². The molecule has 0 saturated carbocycles. The van der Waals surface area contributed by atoms with Crippen molar-refractivity contribution >= 4 is 5.91 Å². The number of nitrogens with one attached hydrogen (secondary N) is 1. The number of rotatable bonds is 1. The van der Waals surface area contributed by atoms with Gasteiger partial charge in [-0.2, -0.15) is 0 Å². The van der Waals surface area contributed by atoms with E-state index in [2.05, 4.69) is 11.9 Å². The van der Waals surface area contributed by atoms with E-state index in [0.717, 1.165) is 5.56 Å². The van der Waals surface area contributed by atoms with Gasteiger partial charge in [-0.15, -0.1) is 0 Å². The third kappa shape index (κ3) is 0.925. The molecule has 1 aromatic carbocycles. The lowest BCUT2D eigenvalue weighted by Gasteiger charge is -2.29. The number of carbonyl (C=O) groups is 1. The van der Waals surface area contributed by atoms with E-state index in [4.69, 9.17) is 0 Å². The fraction of sp³-hybridized carbons (Fsp3) is 0.100. The van der Waals surface area contributed by atoms with Gasteiger partial charge in [-0.1, -0.05) is 36.9 Å². The van der Waals surface area contributed by atoms with Crippen molar-refractivity contribution in [2.24, 2.45) is 0 Å². The van der Waals surface area contributed by atoms with Gasteiger partial charge in [-0.25, -0.2) is 0 Å². The SMILES string of the molecule is C=C1C(=O)N[C@@H]1c1ccccc1. The minimum absolute atomic E-state index is 0.0381. The molecular formula is C10H9NO. The minimum Gasteiger partial charge on any atom is -0.341 e. The molecule has 60 valence electrons. The summed E-state index contributed by atoms with van der Waals surface area (Å²) in [6, 6.07) is 9.86. The van der Waals surface area contributed by atoms with Gasteiger partial charge in [0.1, 0.15) is 0 Å². The molecule has 2 nitrogen and oxygen atoms in total. The van der Waals surface area contributed by atoms with E-state index in [1.807, 2.05) is 30.3 Å². The zero-order chi connectivity index (χ0) is 8.55. The first-order valence-electron chi connectivity index (χ1n) is 3.83. The summed E-state index contributed by atoms with van der Waals surface area (Å²) in [5, 5.41) is 2.77. The van der Waals surface area contributed by atoms with Crippen molar-refractivity contribution in [3.63, 3.8) is 0 Å². The minimum atomic E-state index is -0.0381. The lowest BCUT2D eigenvalue weighted by atomic mass is 9.93. The predicted octanol–water partition coefficient (Wildman–Crippen LogP) is 1.41. The Morgan fingerprint density at radius 2 is 1.92 bits per heavy atom. The summed E-state index contributed by atoms with van der Waals surface area (Å²) in [5.41, 5.74) is 1.75. The molecule has 1 aliphatic heterocycles. The van der Waals surface area contributed by atoms with Crippen LogP contribution in [0.3, 0.4) is 0 Å². The number of amides is 1. The Labute approximate surface area is 70.9 Å². The summed E-state index contributed by atoms with van der Waals surface area (Å²) < 4.78 is 0. The second kappa shape index (κ2) is 2.48. The van der Waals surface area contributed by atoms with Gasteiger partial charge in [0.2, 0.25) is 5.91 Å². The molecule has 1 atom stereocenters. The Balaban J connectivity index is 2.24. The van der Waals surface area contributed by atoms with Crippen molar-refractivity contribution in [2.45, 2.75) is 6.04 Å². The average Bonchev–Trinajstić information content (AvgIpc) is 2.15. The average molecular weight is 159 g/mol. The first kappa shape index (κ1) is 7.10. The van der Waals surface area contributed by atoms with Crippen LogP contribution in [0.1, 0.15) is 11.6 Å². The highest BCUT2D eigenvalue weighted by Gasteiger charge is 2.31. The van der Waals surface area contributed by atoms with E-state index in [9.17, 15) is 4.79 Å². The van der Waals surface area contributed by atoms with Crippen LogP contribution in [0, 0.1) is 0 Å². The third-order valence-corrected chi connectivity index (χ3v) is 2.05. The maximum absolute atomic E-state index is 10.8. The summed E-state index contributed by atoms with van der Waals surface area (Å²) in [7, 11) is 0. The van der Waals surface area contributed by atoms with Crippen LogP contribution in [0.25, 0.3) is 0 Å². The molecule has 0 bridgehead atoms. The normalized spacial score (nSPS) is 21.5. The molecular weight excluding hydrogens is 150 g/mol. The van der Waals surface area contributed by atoms with Gasteiger partial charge in [0, 0.05) is 5.57 Å². The quantitative estimate of drug-likeness (QED) is 0.487. The molecule has 1 heterocycles. The molecule has 0 spiro atoms. The first-order valence-corrected chi connectivity index (χ1v) is 3.83. The van der Waals surface area contributed by atoms with Gasteiger partial charge in [0.15, 0.2) is 0 Å². The van der Waals surface area contributed by atoms with Crippen LogP contribution in [0.4, 0.5) is 0 Å². The summed E-state index contributed by atoms with van der Waals surface area (Å²) in [6.07, 6.45) is 0. The predicted molar refractivity (Wildman–Crippen MR) is 46.5 cm³/mol. The Bertz CT molecular complexity index is 329. The first-order chi connectivity index (χ1) is 5.79. The second-order valence-corrected chi connectivity index (χ2v) is 2.84. The number of hydrogen-bond donors (Lipinski definition) is 1. The number of hydrogen-bond acceptors (Lipinski definition) is 1. The van der Waals surface area contributed by atoms with Gasteiger partial charge >= 0.3 is 0 Å². The highest BCUT2D eigenvalue weighted by atomic mass is 16.2. The highest BCUT2D eigenvalue weighted by molar-refractivity contribution is 6.01. The van der Waals surface area contributed by atoms with Crippen molar-refractivity contribution in [2.75, 3.05) is 0 Å². The molecule has 0 aliphatic carbocycles. The van der Waals surface area contributed by atoms with E-state index in [-0.39, 0.29) is 11.9 Å². The molecule has 2 heteroatoms.